The predicted octanol–water partition coefficient (Wildman–Crippen LogP) is 3.45. The number of benzene rings is 1. The van der Waals surface area contributed by atoms with Crippen molar-refractivity contribution >= 4 is 18.1 Å². The van der Waals surface area contributed by atoms with Crippen LogP contribution >= 0.6 is 0 Å². The smallest absolute Gasteiger partial charge is 0.407 e. The summed E-state index contributed by atoms with van der Waals surface area (Å²) in [6, 6.07) is 13.8. The quantitative estimate of drug-likeness (QED) is 0.543. The molecule has 7 nitrogen and oxygen atoms in total. The predicted molar refractivity (Wildman–Crippen MR) is 118 cm³/mol. The molecule has 0 radical (unpaired) electrons. The van der Waals surface area contributed by atoms with Crippen molar-refractivity contribution in [2.45, 2.75) is 32.4 Å². The largest absolute Gasteiger partial charge is 0.465 e. The molecule has 1 aromatic heterocycles. The van der Waals surface area contributed by atoms with Crippen LogP contribution in [0.3, 0.4) is 0 Å². The lowest BCUT2D eigenvalue weighted by Gasteiger charge is -2.48. The Morgan fingerprint density at radius 3 is 2.58 bits per heavy atom. The molecule has 1 aromatic carbocycles. The number of carbonyl (C=O) groups excluding carboxylic acids is 1. The first-order valence-corrected chi connectivity index (χ1v) is 10.5. The molecule has 1 amide bonds. The van der Waals surface area contributed by atoms with E-state index in [9.17, 15) is 14.7 Å². The zero-order valence-electron chi connectivity index (χ0n) is 18.0. The van der Waals surface area contributed by atoms with Crippen LogP contribution in [0.4, 0.5) is 4.79 Å². The number of esters is 1. The summed E-state index contributed by atoms with van der Waals surface area (Å²) in [5.74, 6) is -0.387. The molecule has 1 fully saturated rings. The summed E-state index contributed by atoms with van der Waals surface area (Å²) < 4.78 is 4.87. The molecule has 0 aliphatic carbocycles. The third-order valence-corrected chi connectivity index (χ3v) is 5.44. The summed E-state index contributed by atoms with van der Waals surface area (Å²) in [5, 5.41) is 9.74. The Morgan fingerprint density at radius 1 is 1.16 bits per heavy atom. The standard InChI is InChI=1S/C24H29N3O4/c1-3-31-22(28)12-11-21-10-9-20(16-25-21)17-26-13-14-27(23(29)30)24(2,18-26)15-19-7-5-4-6-8-19/h4-12,16H,3,13-15,17-18H2,1-2H3,(H,29,30)/t24-/m0/s1. The molecule has 1 atom stereocenters. The SMILES string of the molecule is CCOC(=O)C=Cc1ccc(CN2CCN(C(=O)O)[C@@](C)(Cc3ccccc3)C2)cn1. The van der Waals surface area contributed by atoms with Crippen molar-refractivity contribution in [1.29, 1.82) is 0 Å². The van der Waals surface area contributed by atoms with E-state index >= 15 is 0 Å². The third kappa shape index (κ3) is 6.15. The van der Waals surface area contributed by atoms with Gasteiger partial charge in [-0.3, -0.25) is 9.88 Å². The summed E-state index contributed by atoms with van der Waals surface area (Å²) in [6.07, 6.45) is 4.57. The minimum atomic E-state index is -0.877. The Bertz CT molecular complexity index is 914. The Morgan fingerprint density at radius 2 is 1.94 bits per heavy atom. The van der Waals surface area contributed by atoms with Crippen LogP contribution in [-0.4, -0.2) is 63.7 Å². The van der Waals surface area contributed by atoms with Gasteiger partial charge < -0.3 is 14.7 Å². The normalized spacial score (nSPS) is 19.5. The highest BCUT2D eigenvalue weighted by Gasteiger charge is 2.40. The molecule has 164 valence electrons. The number of aromatic nitrogens is 1. The number of carboxylic acid groups (broad SMARTS) is 1. The van der Waals surface area contributed by atoms with E-state index in [4.69, 9.17) is 4.74 Å². The van der Waals surface area contributed by atoms with E-state index in [1.807, 2.05) is 49.4 Å². The van der Waals surface area contributed by atoms with Gasteiger partial charge in [-0.2, -0.15) is 0 Å². The van der Waals surface area contributed by atoms with Crippen LogP contribution in [0.1, 0.15) is 30.7 Å². The second kappa shape index (κ2) is 10.2. The van der Waals surface area contributed by atoms with Gasteiger partial charge in [0, 0.05) is 38.5 Å². The zero-order chi connectivity index (χ0) is 22.3. The summed E-state index contributed by atoms with van der Waals surface area (Å²) in [4.78, 5) is 31.5. The number of amides is 1. The lowest BCUT2D eigenvalue weighted by molar-refractivity contribution is -0.137. The van der Waals surface area contributed by atoms with Crippen LogP contribution < -0.4 is 0 Å². The van der Waals surface area contributed by atoms with Gasteiger partial charge in [0.15, 0.2) is 0 Å². The van der Waals surface area contributed by atoms with Crippen molar-refractivity contribution in [3.05, 3.63) is 71.6 Å². The molecule has 2 aromatic rings. The van der Waals surface area contributed by atoms with Crippen molar-refractivity contribution in [2.24, 2.45) is 0 Å². The second-order valence-electron chi connectivity index (χ2n) is 7.98. The Kier molecular flexibility index (Phi) is 7.41. The number of nitrogens with zero attached hydrogens (tertiary/aromatic N) is 3. The fraction of sp³-hybridized carbons (Fsp3) is 0.375. The van der Waals surface area contributed by atoms with Gasteiger partial charge in [0.1, 0.15) is 0 Å². The molecule has 7 heteroatoms. The summed E-state index contributed by atoms with van der Waals surface area (Å²) in [5.41, 5.74) is 2.33. The topological polar surface area (TPSA) is 83.0 Å². The van der Waals surface area contributed by atoms with E-state index < -0.39 is 11.6 Å². The molecule has 1 aliphatic heterocycles. The van der Waals surface area contributed by atoms with Crippen molar-refractivity contribution in [1.82, 2.24) is 14.8 Å². The van der Waals surface area contributed by atoms with E-state index in [1.165, 1.54) is 6.08 Å². The minimum absolute atomic E-state index is 0.341. The highest BCUT2D eigenvalue weighted by molar-refractivity contribution is 5.86. The fourth-order valence-electron chi connectivity index (χ4n) is 4.04. The summed E-state index contributed by atoms with van der Waals surface area (Å²) >= 11 is 0. The Hall–Kier alpha value is -3.19. The monoisotopic (exact) mass is 423 g/mol. The minimum Gasteiger partial charge on any atom is -0.465 e. The lowest BCUT2D eigenvalue weighted by Crippen LogP contribution is -2.63. The average Bonchev–Trinajstić information content (AvgIpc) is 2.74. The number of hydrogen-bond acceptors (Lipinski definition) is 5. The molecular formula is C24H29N3O4. The maximum Gasteiger partial charge on any atom is 0.407 e. The van der Waals surface area contributed by atoms with Gasteiger partial charge in [0.2, 0.25) is 0 Å². The first-order valence-electron chi connectivity index (χ1n) is 10.5. The van der Waals surface area contributed by atoms with Crippen LogP contribution in [0.2, 0.25) is 0 Å². The summed E-state index contributed by atoms with van der Waals surface area (Å²) in [7, 11) is 0. The van der Waals surface area contributed by atoms with Crippen molar-refractivity contribution in [3.8, 4) is 0 Å². The Labute approximate surface area is 183 Å². The van der Waals surface area contributed by atoms with E-state index in [0.717, 1.165) is 11.1 Å². The lowest BCUT2D eigenvalue weighted by atomic mass is 9.88. The van der Waals surface area contributed by atoms with Crippen molar-refractivity contribution < 1.29 is 19.4 Å². The second-order valence-corrected chi connectivity index (χ2v) is 7.98. The van der Waals surface area contributed by atoms with Crippen LogP contribution in [0.25, 0.3) is 6.08 Å². The van der Waals surface area contributed by atoms with Crippen LogP contribution in [0.15, 0.2) is 54.7 Å². The molecule has 0 bridgehead atoms. The highest BCUT2D eigenvalue weighted by Crippen LogP contribution is 2.27. The van der Waals surface area contributed by atoms with Crippen LogP contribution in [-0.2, 0) is 22.5 Å². The third-order valence-electron chi connectivity index (χ3n) is 5.44. The van der Waals surface area contributed by atoms with E-state index in [-0.39, 0.29) is 5.97 Å². The number of piperazine rings is 1. The van der Waals surface area contributed by atoms with Crippen LogP contribution in [0.5, 0.6) is 0 Å². The molecule has 1 N–H and O–H groups in total. The zero-order valence-corrected chi connectivity index (χ0v) is 18.0. The number of pyridine rings is 1. The molecular weight excluding hydrogens is 394 g/mol. The van der Waals surface area contributed by atoms with Gasteiger partial charge in [-0.25, -0.2) is 9.59 Å². The van der Waals surface area contributed by atoms with Gasteiger partial charge >= 0.3 is 12.1 Å². The molecule has 2 heterocycles. The van der Waals surface area contributed by atoms with Gasteiger partial charge in [-0.05, 0) is 43.5 Å². The summed E-state index contributed by atoms with van der Waals surface area (Å²) in [6.45, 7) is 6.58. The maximum absolute atomic E-state index is 11.9. The van der Waals surface area contributed by atoms with E-state index in [2.05, 4.69) is 9.88 Å². The maximum atomic E-state index is 11.9. The van der Waals surface area contributed by atoms with Crippen LogP contribution in [0, 0.1) is 0 Å². The van der Waals surface area contributed by atoms with Gasteiger partial charge in [0.05, 0.1) is 17.8 Å². The Balaban J connectivity index is 1.66. The number of hydrogen-bond donors (Lipinski definition) is 1. The highest BCUT2D eigenvalue weighted by atomic mass is 16.5. The van der Waals surface area contributed by atoms with E-state index in [1.54, 1.807) is 24.1 Å². The molecule has 0 spiro atoms. The number of rotatable bonds is 7. The average molecular weight is 424 g/mol. The molecule has 0 unspecified atom stereocenters. The first-order chi connectivity index (χ1) is 14.9. The molecule has 1 aliphatic rings. The molecule has 31 heavy (non-hydrogen) atoms. The van der Waals surface area contributed by atoms with Gasteiger partial charge in [-0.15, -0.1) is 0 Å². The van der Waals surface area contributed by atoms with E-state index in [0.29, 0.717) is 44.9 Å². The first kappa shape index (κ1) is 22.5. The number of ether oxygens (including phenoxy) is 1. The molecule has 1 saturated heterocycles. The van der Waals surface area contributed by atoms with Crippen molar-refractivity contribution in [3.63, 3.8) is 0 Å². The fourth-order valence-corrected chi connectivity index (χ4v) is 4.04. The molecule has 0 saturated carbocycles. The number of carbonyl (C=O) groups is 2. The van der Waals surface area contributed by atoms with Gasteiger partial charge in [0.25, 0.3) is 0 Å². The molecule has 3 rings (SSSR count). The van der Waals surface area contributed by atoms with Gasteiger partial charge in [-0.1, -0.05) is 36.4 Å². The van der Waals surface area contributed by atoms with Crippen molar-refractivity contribution in [2.75, 3.05) is 26.2 Å².